The first kappa shape index (κ1) is 15.1. The molecule has 4 aromatic rings. The van der Waals surface area contributed by atoms with E-state index in [2.05, 4.69) is 18.4 Å². The largest absolute Gasteiger partial charge is 0.304 e. The maximum atomic E-state index is 6.03. The van der Waals surface area contributed by atoms with Gasteiger partial charge in [-0.05, 0) is 49.7 Å². The Morgan fingerprint density at radius 3 is 2.29 bits per heavy atom. The standard InChI is InChI=1S/C19H17ClN4/c1-3-12(2)24-18(13-8-10-14(20)11-9-13)23-17-19(24)22-16-7-5-4-6-15(16)21-17/h4-12H,3H2,1-2H3. The van der Waals surface area contributed by atoms with E-state index in [1.165, 1.54) is 0 Å². The minimum atomic E-state index is 0.274. The molecule has 1 unspecified atom stereocenters. The molecule has 5 heteroatoms. The van der Waals surface area contributed by atoms with Gasteiger partial charge in [0.1, 0.15) is 5.82 Å². The van der Waals surface area contributed by atoms with E-state index >= 15 is 0 Å². The number of benzene rings is 2. The van der Waals surface area contributed by atoms with Gasteiger partial charge in [0, 0.05) is 16.6 Å². The summed E-state index contributed by atoms with van der Waals surface area (Å²) >= 11 is 6.03. The molecule has 0 bridgehead atoms. The lowest BCUT2D eigenvalue weighted by Crippen LogP contribution is -2.07. The van der Waals surface area contributed by atoms with Gasteiger partial charge in [0.05, 0.1) is 11.0 Å². The monoisotopic (exact) mass is 336 g/mol. The molecular formula is C19H17ClN4. The van der Waals surface area contributed by atoms with Gasteiger partial charge in [-0.1, -0.05) is 30.7 Å². The Bertz CT molecular complexity index is 1020. The molecule has 0 N–H and O–H groups in total. The summed E-state index contributed by atoms with van der Waals surface area (Å²) in [4.78, 5) is 14.3. The molecule has 0 aliphatic rings. The van der Waals surface area contributed by atoms with Gasteiger partial charge in [0.15, 0.2) is 11.3 Å². The molecule has 2 aromatic heterocycles. The zero-order valence-corrected chi connectivity index (χ0v) is 14.3. The Morgan fingerprint density at radius 2 is 1.62 bits per heavy atom. The molecule has 0 spiro atoms. The Labute approximate surface area is 145 Å². The Kier molecular flexibility index (Phi) is 3.69. The van der Waals surface area contributed by atoms with Crippen molar-refractivity contribution < 1.29 is 0 Å². The van der Waals surface area contributed by atoms with E-state index in [0.717, 1.165) is 34.5 Å². The quantitative estimate of drug-likeness (QED) is 0.511. The van der Waals surface area contributed by atoms with Crippen molar-refractivity contribution in [3.05, 3.63) is 53.6 Å². The second-order valence-electron chi connectivity index (χ2n) is 5.93. The molecule has 1 atom stereocenters. The second kappa shape index (κ2) is 5.87. The van der Waals surface area contributed by atoms with Crippen LogP contribution < -0.4 is 0 Å². The number of nitrogens with zero attached hydrogens (tertiary/aromatic N) is 4. The SMILES string of the molecule is CCC(C)n1c(-c2ccc(Cl)cc2)nc2nc3ccccc3nc21. The number of hydrogen-bond donors (Lipinski definition) is 0. The molecular weight excluding hydrogens is 320 g/mol. The lowest BCUT2D eigenvalue weighted by Gasteiger charge is -2.15. The van der Waals surface area contributed by atoms with Crippen LogP contribution in [0.3, 0.4) is 0 Å². The van der Waals surface area contributed by atoms with Crippen molar-refractivity contribution in [2.24, 2.45) is 0 Å². The third-order valence-electron chi connectivity index (χ3n) is 4.34. The summed E-state index contributed by atoms with van der Waals surface area (Å²) in [6.07, 6.45) is 0.987. The highest BCUT2D eigenvalue weighted by Crippen LogP contribution is 2.29. The molecule has 4 rings (SSSR count). The lowest BCUT2D eigenvalue weighted by atomic mass is 10.2. The summed E-state index contributed by atoms with van der Waals surface area (Å²) in [5.41, 5.74) is 4.27. The lowest BCUT2D eigenvalue weighted by molar-refractivity contribution is 0.547. The van der Waals surface area contributed by atoms with E-state index in [1.807, 2.05) is 48.5 Å². The summed E-state index contributed by atoms with van der Waals surface area (Å²) in [6, 6.07) is 15.9. The first-order chi connectivity index (χ1) is 11.7. The first-order valence-electron chi connectivity index (χ1n) is 8.08. The van der Waals surface area contributed by atoms with Crippen molar-refractivity contribution in [1.82, 2.24) is 19.5 Å². The molecule has 0 saturated carbocycles. The van der Waals surface area contributed by atoms with Gasteiger partial charge in [0.2, 0.25) is 0 Å². The molecule has 0 radical (unpaired) electrons. The average Bonchev–Trinajstić information content (AvgIpc) is 2.98. The van der Waals surface area contributed by atoms with Gasteiger partial charge >= 0.3 is 0 Å². The van der Waals surface area contributed by atoms with Crippen molar-refractivity contribution in [2.75, 3.05) is 0 Å². The molecule has 0 fully saturated rings. The molecule has 4 nitrogen and oxygen atoms in total. The van der Waals surface area contributed by atoms with Crippen molar-refractivity contribution in [2.45, 2.75) is 26.3 Å². The molecule has 2 aromatic carbocycles. The highest BCUT2D eigenvalue weighted by molar-refractivity contribution is 6.30. The van der Waals surface area contributed by atoms with Gasteiger partial charge in [-0.3, -0.25) is 0 Å². The van der Waals surface area contributed by atoms with Crippen LogP contribution in [-0.4, -0.2) is 19.5 Å². The zero-order chi connectivity index (χ0) is 16.7. The second-order valence-corrected chi connectivity index (χ2v) is 6.37. The number of aromatic nitrogens is 4. The van der Waals surface area contributed by atoms with Gasteiger partial charge in [-0.2, -0.15) is 0 Å². The first-order valence-corrected chi connectivity index (χ1v) is 8.46. The van der Waals surface area contributed by atoms with Crippen LogP contribution in [0.15, 0.2) is 48.5 Å². The Hall–Kier alpha value is -2.46. The number of fused-ring (bicyclic) bond motifs is 2. The average molecular weight is 337 g/mol. The van der Waals surface area contributed by atoms with E-state index in [9.17, 15) is 0 Å². The molecule has 0 amide bonds. The Balaban J connectivity index is 2.04. The van der Waals surface area contributed by atoms with E-state index in [-0.39, 0.29) is 6.04 Å². The van der Waals surface area contributed by atoms with Crippen LogP contribution in [0.5, 0.6) is 0 Å². The van der Waals surface area contributed by atoms with Crippen LogP contribution in [0.4, 0.5) is 0 Å². The predicted molar refractivity (Wildman–Crippen MR) is 98.3 cm³/mol. The molecule has 0 saturated heterocycles. The highest BCUT2D eigenvalue weighted by atomic mass is 35.5. The van der Waals surface area contributed by atoms with Crippen molar-refractivity contribution in [3.8, 4) is 11.4 Å². The normalized spacial score (nSPS) is 12.8. The van der Waals surface area contributed by atoms with Crippen molar-refractivity contribution in [3.63, 3.8) is 0 Å². The van der Waals surface area contributed by atoms with E-state index in [4.69, 9.17) is 26.6 Å². The van der Waals surface area contributed by atoms with Crippen LogP contribution in [0.2, 0.25) is 5.02 Å². The van der Waals surface area contributed by atoms with Crippen LogP contribution >= 0.6 is 11.6 Å². The summed E-state index contributed by atoms with van der Waals surface area (Å²) in [7, 11) is 0. The summed E-state index contributed by atoms with van der Waals surface area (Å²) in [6.45, 7) is 4.34. The van der Waals surface area contributed by atoms with Crippen LogP contribution in [0.25, 0.3) is 33.7 Å². The molecule has 2 heterocycles. The summed E-state index contributed by atoms with van der Waals surface area (Å²) in [5, 5.41) is 0.715. The minimum absolute atomic E-state index is 0.274. The predicted octanol–water partition coefficient (Wildman–Crippen LogP) is 5.27. The number of para-hydroxylation sites is 2. The van der Waals surface area contributed by atoms with Gasteiger partial charge < -0.3 is 4.57 Å². The van der Waals surface area contributed by atoms with E-state index < -0.39 is 0 Å². The van der Waals surface area contributed by atoms with Crippen molar-refractivity contribution in [1.29, 1.82) is 0 Å². The maximum absolute atomic E-state index is 6.03. The molecule has 120 valence electrons. The highest BCUT2D eigenvalue weighted by Gasteiger charge is 2.19. The van der Waals surface area contributed by atoms with Crippen molar-refractivity contribution >= 4 is 33.9 Å². The maximum Gasteiger partial charge on any atom is 0.198 e. The fourth-order valence-corrected chi connectivity index (χ4v) is 3.00. The van der Waals surface area contributed by atoms with E-state index in [0.29, 0.717) is 10.7 Å². The zero-order valence-electron chi connectivity index (χ0n) is 13.6. The number of halogens is 1. The third kappa shape index (κ3) is 2.43. The fourth-order valence-electron chi connectivity index (χ4n) is 2.88. The van der Waals surface area contributed by atoms with Crippen LogP contribution in [0.1, 0.15) is 26.3 Å². The van der Waals surface area contributed by atoms with E-state index in [1.54, 1.807) is 0 Å². The van der Waals surface area contributed by atoms with Crippen LogP contribution in [0, 0.1) is 0 Å². The van der Waals surface area contributed by atoms with Gasteiger partial charge in [-0.25, -0.2) is 15.0 Å². The molecule has 0 aliphatic carbocycles. The fraction of sp³-hybridized carbons (Fsp3) is 0.211. The van der Waals surface area contributed by atoms with Gasteiger partial charge in [-0.15, -0.1) is 0 Å². The number of imidazole rings is 1. The number of hydrogen-bond acceptors (Lipinski definition) is 3. The molecule has 24 heavy (non-hydrogen) atoms. The summed E-state index contributed by atoms with van der Waals surface area (Å²) in [5.74, 6) is 0.881. The van der Waals surface area contributed by atoms with Crippen LogP contribution in [-0.2, 0) is 0 Å². The topological polar surface area (TPSA) is 43.6 Å². The minimum Gasteiger partial charge on any atom is -0.304 e. The summed E-state index contributed by atoms with van der Waals surface area (Å²) < 4.78 is 2.18. The Morgan fingerprint density at radius 1 is 0.958 bits per heavy atom. The molecule has 0 aliphatic heterocycles. The third-order valence-corrected chi connectivity index (χ3v) is 4.59. The van der Waals surface area contributed by atoms with Gasteiger partial charge in [0.25, 0.3) is 0 Å². The smallest absolute Gasteiger partial charge is 0.198 e. The number of rotatable bonds is 3.